The van der Waals surface area contributed by atoms with Crippen LogP contribution in [0, 0.1) is 19.7 Å². The van der Waals surface area contributed by atoms with Gasteiger partial charge < -0.3 is 5.73 Å². The molecule has 1 aromatic carbocycles. The summed E-state index contributed by atoms with van der Waals surface area (Å²) in [7, 11) is 0. The van der Waals surface area contributed by atoms with Crippen LogP contribution in [-0.4, -0.2) is 11.0 Å². The van der Waals surface area contributed by atoms with Crippen LogP contribution >= 0.6 is 11.8 Å². The van der Waals surface area contributed by atoms with E-state index in [0.717, 1.165) is 27.6 Å². The average Bonchev–Trinajstić information content (AvgIpc) is 2.41. The lowest BCUT2D eigenvalue weighted by Crippen LogP contribution is -2.22. The second kappa shape index (κ2) is 7.05. The van der Waals surface area contributed by atoms with Crippen LogP contribution in [0.3, 0.4) is 0 Å². The summed E-state index contributed by atoms with van der Waals surface area (Å²) < 4.78 is 14.1. The first-order valence-corrected chi connectivity index (χ1v) is 7.97. The second-order valence-corrected chi connectivity index (χ2v) is 6.38. The van der Waals surface area contributed by atoms with Crippen LogP contribution in [-0.2, 0) is 6.42 Å². The van der Waals surface area contributed by atoms with Crippen LogP contribution in [0.2, 0.25) is 0 Å². The monoisotopic (exact) mass is 304 g/mol. The standard InChI is InChI=1S/C17H21FN2S/c1-4-13(19)10-14-15(18)6-5-7-16(14)21-17-9-11(2)8-12(3)20-17/h5-9,13H,4,10,19H2,1-3H3. The Bertz CT molecular complexity index is 608. The Balaban J connectivity index is 2.32. The van der Waals surface area contributed by atoms with E-state index in [1.807, 2.05) is 39.0 Å². The van der Waals surface area contributed by atoms with Crippen molar-refractivity contribution in [3.05, 3.63) is 53.0 Å². The molecule has 2 nitrogen and oxygen atoms in total. The molecule has 1 unspecified atom stereocenters. The summed E-state index contributed by atoms with van der Waals surface area (Å²) in [6, 6.07) is 9.20. The largest absolute Gasteiger partial charge is 0.327 e. The third kappa shape index (κ3) is 4.29. The SMILES string of the molecule is CCC(N)Cc1c(F)cccc1Sc1cc(C)cc(C)n1. The molecule has 0 aliphatic rings. The number of hydrogen-bond donors (Lipinski definition) is 1. The van der Waals surface area contributed by atoms with Crippen molar-refractivity contribution in [2.45, 2.75) is 49.6 Å². The summed E-state index contributed by atoms with van der Waals surface area (Å²) >= 11 is 1.50. The van der Waals surface area contributed by atoms with Crippen LogP contribution < -0.4 is 5.73 Å². The van der Waals surface area contributed by atoms with Crippen LogP contribution in [0.15, 0.2) is 40.3 Å². The minimum atomic E-state index is -0.187. The zero-order valence-electron chi connectivity index (χ0n) is 12.7. The third-order valence-electron chi connectivity index (χ3n) is 3.36. The van der Waals surface area contributed by atoms with E-state index >= 15 is 0 Å². The molecule has 0 radical (unpaired) electrons. The van der Waals surface area contributed by atoms with Gasteiger partial charge in [0.2, 0.25) is 0 Å². The van der Waals surface area contributed by atoms with Gasteiger partial charge in [-0.15, -0.1) is 0 Å². The molecule has 4 heteroatoms. The zero-order valence-corrected chi connectivity index (χ0v) is 13.5. The summed E-state index contributed by atoms with van der Waals surface area (Å²) in [4.78, 5) is 5.41. The summed E-state index contributed by atoms with van der Waals surface area (Å²) in [6.07, 6.45) is 1.39. The van der Waals surface area contributed by atoms with E-state index in [1.165, 1.54) is 17.8 Å². The van der Waals surface area contributed by atoms with Gasteiger partial charge in [-0.05, 0) is 56.5 Å². The fourth-order valence-corrected chi connectivity index (χ4v) is 3.32. The van der Waals surface area contributed by atoms with Gasteiger partial charge in [-0.2, -0.15) is 0 Å². The molecule has 0 saturated carbocycles. The molecule has 1 aromatic heterocycles. The number of aryl methyl sites for hydroxylation is 2. The second-order valence-electron chi connectivity index (χ2n) is 5.32. The maximum absolute atomic E-state index is 14.1. The Labute approximate surface area is 130 Å². The van der Waals surface area contributed by atoms with Gasteiger partial charge >= 0.3 is 0 Å². The predicted molar refractivity (Wildman–Crippen MR) is 86.2 cm³/mol. The Hall–Kier alpha value is -1.39. The molecule has 0 aliphatic heterocycles. The highest BCUT2D eigenvalue weighted by Gasteiger charge is 2.13. The van der Waals surface area contributed by atoms with Crippen LogP contribution in [0.25, 0.3) is 0 Å². The predicted octanol–water partition coefficient (Wildman–Crippen LogP) is 4.27. The normalized spacial score (nSPS) is 12.4. The van der Waals surface area contributed by atoms with Crippen molar-refractivity contribution in [1.82, 2.24) is 4.98 Å². The molecule has 0 saturated heterocycles. The Morgan fingerprint density at radius 1 is 1.29 bits per heavy atom. The summed E-state index contributed by atoms with van der Waals surface area (Å²) in [5.41, 5.74) is 8.82. The highest BCUT2D eigenvalue weighted by molar-refractivity contribution is 7.99. The summed E-state index contributed by atoms with van der Waals surface area (Å²) in [5.74, 6) is -0.187. The lowest BCUT2D eigenvalue weighted by atomic mass is 10.0. The number of halogens is 1. The number of pyridine rings is 1. The third-order valence-corrected chi connectivity index (χ3v) is 4.38. The van der Waals surface area contributed by atoms with Crippen LogP contribution in [0.1, 0.15) is 30.2 Å². The average molecular weight is 304 g/mol. The Morgan fingerprint density at radius 3 is 2.71 bits per heavy atom. The van der Waals surface area contributed by atoms with Crippen molar-refractivity contribution in [2.75, 3.05) is 0 Å². The van der Waals surface area contributed by atoms with Crippen molar-refractivity contribution in [2.24, 2.45) is 5.73 Å². The van der Waals surface area contributed by atoms with Gasteiger partial charge in [0.1, 0.15) is 10.8 Å². The first-order chi connectivity index (χ1) is 9.99. The Morgan fingerprint density at radius 2 is 2.05 bits per heavy atom. The lowest BCUT2D eigenvalue weighted by molar-refractivity contribution is 0.571. The van der Waals surface area contributed by atoms with Crippen molar-refractivity contribution >= 4 is 11.8 Å². The molecule has 0 spiro atoms. The fourth-order valence-electron chi connectivity index (χ4n) is 2.21. The van der Waals surface area contributed by atoms with E-state index in [-0.39, 0.29) is 11.9 Å². The number of aromatic nitrogens is 1. The smallest absolute Gasteiger partial charge is 0.127 e. The maximum atomic E-state index is 14.1. The molecule has 112 valence electrons. The number of nitrogens with zero attached hydrogens (tertiary/aromatic N) is 1. The van der Waals surface area contributed by atoms with Gasteiger partial charge in [0, 0.05) is 22.2 Å². The summed E-state index contributed by atoms with van der Waals surface area (Å²) in [5, 5.41) is 0.893. The molecule has 0 bridgehead atoms. The molecule has 0 fully saturated rings. The number of hydrogen-bond acceptors (Lipinski definition) is 3. The molecule has 2 rings (SSSR count). The van der Waals surface area contributed by atoms with Crippen molar-refractivity contribution in [3.8, 4) is 0 Å². The molecule has 2 N–H and O–H groups in total. The molecule has 21 heavy (non-hydrogen) atoms. The number of rotatable bonds is 5. The van der Waals surface area contributed by atoms with E-state index in [4.69, 9.17) is 5.73 Å². The highest BCUT2D eigenvalue weighted by Crippen LogP contribution is 2.32. The molecule has 1 heterocycles. The number of benzene rings is 1. The van der Waals surface area contributed by atoms with E-state index in [9.17, 15) is 4.39 Å². The molecular formula is C17H21FN2S. The van der Waals surface area contributed by atoms with Gasteiger partial charge in [-0.3, -0.25) is 0 Å². The molecule has 2 aromatic rings. The highest BCUT2D eigenvalue weighted by atomic mass is 32.2. The van der Waals surface area contributed by atoms with Crippen molar-refractivity contribution in [1.29, 1.82) is 0 Å². The summed E-state index contributed by atoms with van der Waals surface area (Å²) in [6.45, 7) is 6.03. The molecule has 0 amide bonds. The van der Waals surface area contributed by atoms with E-state index in [1.54, 1.807) is 6.07 Å². The zero-order chi connectivity index (χ0) is 15.4. The molecule has 1 atom stereocenters. The van der Waals surface area contributed by atoms with Gasteiger partial charge in [-0.1, -0.05) is 24.8 Å². The van der Waals surface area contributed by atoms with Crippen LogP contribution in [0.4, 0.5) is 4.39 Å². The van der Waals surface area contributed by atoms with E-state index in [0.29, 0.717) is 12.0 Å². The number of nitrogens with two attached hydrogens (primary N) is 1. The maximum Gasteiger partial charge on any atom is 0.127 e. The lowest BCUT2D eigenvalue weighted by Gasteiger charge is -2.14. The van der Waals surface area contributed by atoms with Gasteiger partial charge in [-0.25, -0.2) is 9.37 Å². The Kier molecular flexibility index (Phi) is 5.37. The molecule has 0 aliphatic carbocycles. The first kappa shape index (κ1) is 16.0. The minimum absolute atomic E-state index is 0.0199. The first-order valence-electron chi connectivity index (χ1n) is 7.15. The van der Waals surface area contributed by atoms with Crippen molar-refractivity contribution < 1.29 is 4.39 Å². The topological polar surface area (TPSA) is 38.9 Å². The van der Waals surface area contributed by atoms with Gasteiger partial charge in [0.15, 0.2) is 0 Å². The van der Waals surface area contributed by atoms with E-state index in [2.05, 4.69) is 4.98 Å². The van der Waals surface area contributed by atoms with Crippen LogP contribution in [0.5, 0.6) is 0 Å². The minimum Gasteiger partial charge on any atom is -0.327 e. The van der Waals surface area contributed by atoms with Gasteiger partial charge in [0.05, 0.1) is 0 Å². The van der Waals surface area contributed by atoms with E-state index < -0.39 is 0 Å². The van der Waals surface area contributed by atoms with Crippen molar-refractivity contribution in [3.63, 3.8) is 0 Å². The molecular weight excluding hydrogens is 283 g/mol. The fraction of sp³-hybridized carbons (Fsp3) is 0.353. The quantitative estimate of drug-likeness (QED) is 0.896. The van der Waals surface area contributed by atoms with Gasteiger partial charge in [0.25, 0.3) is 0 Å².